The van der Waals surface area contributed by atoms with E-state index in [0.717, 1.165) is 67.0 Å². The SMILES string of the molecule is CCCCN(CC(=O)Nc1cc(C(C)(C)C)nn1-c1ccc(OC)cc1)C(=O)NC12CC3CC(CC(C3)C1)C2. The first-order valence-corrected chi connectivity index (χ1v) is 14.7. The smallest absolute Gasteiger partial charge is 0.318 e. The number of methoxy groups -OCH3 is 1. The summed E-state index contributed by atoms with van der Waals surface area (Å²) in [4.78, 5) is 28.7. The van der Waals surface area contributed by atoms with E-state index in [9.17, 15) is 9.59 Å². The molecule has 4 saturated carbocycles. The lowest BCUT2D eigenvalue weighted by molar-refractivity contribution is -0.116. The van der Waals surface area contributed by atoms with Crippen molar-refractivity contribution in [2.45, 2.75) is 90.0 Å². The van der Waals surface area contributed by atoms with Gasteiger partial charge in [-0.3, -0.25) is 4.79 Å². The number of ether oxygens (including phenoxy) is 1. The lowest BCUT2D eigenvalue weighted by Crippen LogP contribution is -2.62. The zero-order chi connectivity index (χ0) is 27.8. The van der Waals surface area contributed by atoms with Crippen LogP contribution in [0.1, 0.15) is 84.8 Å². The second-order valence-electron chi connectivity index (χ2n) is 13.2. The summed E-state index contributed by atoms with van der Waals surface area (Å²) < 4.78 is 7.06. The highest BCUT2D eigenvalue weighted by Crippen LogP contribution is 2.55. The van der Waals surface area contributed by atoms with Gasteiger partial charge in [-0.05, 0) is 87.0 Å². The number of rotatable bonds is 9. The van der Waals surface area contributed by atoms with E-state index in [0.29, 0.717) is 12.4 Å². The number of nitrogens with one attached hydrogen (secondary N) is 2. The molecule has 2 aromatic rings. The monoisotopic (exact) mass is 535 g/mol. The van der Waals surface area contributed by atoms with Gasteiger partial charge in [-0.1, -0.05) is 34.1 Å². The summed E-state index contributed by atoms with van der Waals surface area (Å²) in [5.41, 5.74) is 1.42. The van der Waals surface area contributed by atoms with Crippen LogP contribution >= 0.6 is 0 Å². The number of amides is 3. The minimum absolute atomic E-state index is 0.0108. The highest BCUT2D eigenvalue weighted by molar-refractivity contribution is 5.94. The second kappa shape index (κ2) is 10.9. The molecule has 4 fully saturated rings. The molecule has 39 heavy (non-hydrogen) atoms. The third kappa shape index (κ3) is 6.10. The average Bonchev–Trinajstić information content (AvgIpc) is 3.29. The number of carbonyl (C=O) groups excluding carboxylic acids is 2. The summed E-state index contributed by atoms with van der Waals surface area (Å²) in [5, 5.41) is 11.3. The van der Waals surface area contributed by atoms with Crippen LogP contribution in [0.3, 0.4) is 0 Å². The summed E-state index contributed by atoms with van der Waals surface area (Å²) in [5.74, 6) is 3.37. The molecule has 0 unspecified atom stereocenters. The van der Waals surface area contributed by atoms with Crippen molar-refractivity contribution in [3.8, 4) is 11.4 Å². The number of hydrogen-bond acceptors (Lipinski definition) is 4. The van der Waals surface area contributed by atoms with Gasteiger partial charge in [0.2, 0.25) is 5.91 Å². The van der Waals surface area contributed by atoms with E-state index in [1.165, 1.54) is 19.3 Å². The maximum Gasteiger partial charge on any atom is 0.318 e. The molecule has 4 aliphatic carbocycles. The Kier molecular flexibility index (Phi) is 7.66. The first-order valence-electron chi connectivity index (χ1n) is 14.7. The molecule has 0 saturated heterocycles. The summed E-state index contributed by atoms with van der Waals surface area (Å²) in [6, 6.07) is 9.41. The van der Waals surface area contributed by atoms with Gasteiger partial charge >= 0.3 is 6.03 Å². The molecular formula is C31H45N5O3. The molecule has 3 amide bonds. The lowest BCUT2D eigenvalue weighted by Gasteiger charge is -2.57. The van der Waals surface area contributed by atoms with E-state index in [1.54, 1.807) is 16.7 Å². The lowest BCUT2D eigenvalue weighted by atomic mass is 9.53. The van der Waals surface area contributed by atoms with Crippen LogP contribution in [-0.2, 0) is 10.2 Å². The quantitative estimate of drug-likeness (QED) is 0.419. The van der Waals surface area contributed by atoms with Crippen LogP contribution in [-0.4, -0.2) is 52.4 Å². The molecule has 1 aromatic carbocycles. The maximum absolute atomic E-state index is 13.6. The summed E-state index contributed by atoms with van der Waals surface area (Å²) in [6.45, 7) is 8.97. The van der Waals surface area contributed by atoms with Gasteiger partial charge in [0, 0.05) is 23.6 Å². The third-order valence-electron chi connectivity index (χ3n) is 8.88. The molecule has 2 N–H and O–H groups in total. The van der Waals surface area contributed by atoms with Crippen molar-refractivity contribution < 1.29 is 14.3 Å². The van der Waals surface area contributed by atoms with Crippen LogP contribution in [0.4, 0.5) is 10.6 Å². The fourth-order valence-electron chi connectivity index (χ4n) is 7.28. The number of urea groups is 1. The first kappa shape index (κ1) is 27.5. The Morgan fingerprint density at radius 2 is 1.69 bits per heavy atom. The summed E-state index contributed by atoms with van der Waals surface area (Å²) in [6.07, 6.45) is 9.08. The van der Waals surface area contributed by atoms with Crippen molar-refractivity contribution in [3.05, 3.63) is 36.0 Å². The minimum atomic E-state index is -0.220. The normalized spacial score (nSPS) is 25.4. The minimum Gasteiger partial charge on any atom is -0.497 e. The number of carbonyl (C=O) groups is 2. The fraction of sp³-hybridized carbons (Fsp3) is 0.645. The van der Waals surface area contributed by atoms with E-state index in [-0.39, 0.29) is 29.4 Å². The maximum atomic E-state index is 13.6. The molecule has 6 rings (SSSR count). The fourth-order valence-corrected chi connectivity index (χ4v) is 7.28. The summed E-state index contributed by atoms with van der Waals surface area (Å²) in [7, 11) is 1.63. The average molecular weight is 536 g/mol. The van der Waals surface area contributed by atoms with E-state index >= 15 is 0 Å². The first-order chi connectivity index (χ1) is 18.6. The van der Waals surface area contributed by atoms with Gasteiger partial charge in [0.25, 0.3) is 0 Å². The predicted molar refractivity (Wildman–Crippen MR) is 153 cm³/mol. The van der Waals surface area contributed by atoms with Gasteiger partial charge in [-0.25, -0.2) is 9.48 Å². The van der Waals surface area contributed by atoms with Crippen molar-refractivity contribution in [1.82, 2.24) is 20.0 Å². The zero-order valence-electron chi connectivity index (χ0n) is 24.3. The highest BCUT2D eigenvalue weighted by atomic mass is 16.5. The third-order valence-corrected chi connectivity index (χ3v) is 8.88. The molecule has 8 heteroatoms. The van der Waals surface area contributed by atoms with Gasteiger partial charge < -0.3 is 20.3 Å². The van der Waals surface area contributed by atoms with Crippen molar-refractivity contribution in [2.24, 2.45) is 17.8 Å². The van der Waals surface area contributed by atoms with Crippen molar-refractivity contribution in [2.75, 3.05) is 25.5 Å². The number of aromatic nitrogens is 2. The number of benzene rings is 1. The molecule has 8 nitrogen and oxygen atoms in total. The van der Waals surface area contributed by atoms with Gasteiger partial charge in [0.15, 0.2) is 0 Å². The Balaban J connectivity index is 1.31. The Labute approximate surface area is 232 Å². The highest BCUT2D eigenvalue weighted by Gasteiger charge is 2.51. The Morgan fingerprint density at radius 1 is 1.08 bits per heavy atom. The molecule has 1 aromatic heterocycles. The van der Waals surface area contributed by atoms with Crippen LogP contribution in [0.15, 0.2) is 30.3 Å². The van der Waals surface area contributed by atoms with Gasteiger partial charge in [0.05, 0.1) is 18.5 Å². The Hall–Kier alpha value is -3.03. The standard InChI is InChI=1S/C31H45N5O3/c1-6-7-12-35(29(38)33-31-17-21-13-22(18-31)15-23(14-21)19-31)20-28(37)32-27-16-26(30(2,3)4)34-36(27)24-8-10-25(39-5)11-9-24/h8-11,16,21-23H,6-7,12-15,17-20H2,1-5H3,(H,32,37)(H,33,38). The van der Waals surface area contributed by atoms with Gasteiger partial charge in [-0.15, -0.1) is 0 Å². The van der Waals surface area contributed by atoms with Crippen LogP contribution in [0.2, 0.25) is 0 Å². The number of hydrogen-bond donors (Lipinski definition) is 2. The zero-order valence-corrected chi connectivity index (χ0v) is 24.3. The van der Waals surface area contributed by atoms with Crippen molar-refractivity contribution in [1.29, 1.82) is 0 Å². The molecule has 4 aliphatic rings. The number of unbranched alkanes of at least 4 members (excludes halogenated alkanes) is 1. The number of anilines is 1. The molecule has 0 radical (unpaired) electrons. The van der Waals surface area contributed by atoms with E-state index in [2.05, 4.69) is 38.3 Å². The molecule has 0 aliphatic heterocycles. The van der Waals surface area contributed by atoms with E-state index in [4.69, 9.17) is 9.84 Å². The molecule has 0 atom stereocenters. The van der Waals surface area contributed by atoms with Crippen molar-refractivity contribution in [3.63, 3.8) is 0 Å². The molecule has 0 spiro atoms. The van der Waals surface area contributed by atoms with Crippen LogP contribution in [0.25, 0.3) is 5.69 Å². The van der Waals surface area contributed by atoms with Gasteiger partial charge in [-0.2, -0.15) is 5.10 Å². The molecule has 212 valence electrons. The largest absolute Gasteiger partial charge is 0.497 e. The molecular weight excluding hydrogens is 490 g/mol. The van der Waals surface area contributed by atoms with E-state index < -0.39 is 0 Å². The molecule has 1 heterocycles. The van der Waals surface area contributed by atoms with E-state index in [1.807, 2.05) is 30.3 Å². The topological polar surface area (TPSA) is 88.5 Å². The van der Waals surface area contributed by atoms with Gasteiger partial charge in [0.1, 0.15) is 18.1 Å². The number of nitrogens with zero attached hydrogens (tertiary/aromatic N) is 3. The van der Waals surface area contributed by atoms with Crippen LogP contribution in [0.5, 0.6) is 5.75 Å². The molecule has 4 bridgehead atoms. The van der Waals surface area contributed by atoms with Crippen LogP contribution < -0.4 is 15.4 Å². The Morgan fingerprint density at radius 3 is 2.23 bits per heavy atom. The Bertz CT molecular complexity index is 1140. The summed E-state index contributed by atoms with van der Waals surface area (Å²) >= 11 is 0. The van der Waals surface area contributed by atoms with Crippen molar-refractivity contribution >= 4 is 17.8 Å². The second-order valence-corrected chi connectivity index (χ2v) is 13.2. The van der Waals surface area contributed by atoms with Crippen LogP contribution in [0, 0.1) is 17.8 Å². The predicted octanol–water partition coefficient (Wildman–Crippen LogP) is 5.90.